The molecule has 0 bridgehead atoms. The highest BCUT2D eigenvalue weighted by Crippen LogP contribution is 2.37. The molecule has 2 heterocycles. The van der Waals surface area contributed by atoms with Gasteiger partial charge in [-0.25, -0.2) is 4.98 Å². The van der Waals surface area contributed by atoms with Crippen LogP contribution in [-0.4, -0.2) is 37.3 Å². The molecule has 7 heteroatoms. The summed E-state index contributed by atoms with van der Waals surface area (Å²) in [5, 5.41) is 3.37. The van der Waals surface area contributed by atoms with Crippen molar-refractivity contribution in [2.75, 3.05) is 31.7 Å². The van der Waals surface area contributed by atoms with Crippen LogP contribution in [-0.2, 0) is 9.53 Å². The number of fused-ring (bicyclic) bond motifs is 2. The van der Waals surface area contributed by atoms with Crippen molar-refractivity contribution in [2.45, 2.75) is 13.3 Å². The lowest BCUT2D eigenvalue weighted by Gasteiger charge is -2.17. The van der Waals surface area contributed by atoms with Crippen molar-refractivity contribution in [1.29, 1.82) is 0 Å². The van der Waals surface area contributed by atoms with Gasteiger partial charge in [0.1, 0.15) is 13.2 Å². The SMILES string of the molecule is CCOCCC(=O)Nc1nc2cc3c(cc2s1)OCCO3. The molecule has 21 heavy (non-hydrogen) atoms. The van der Waals surface area contributed by atoms with E-state index < -0.39 is 0 Å². The maximum Gasteiger partial charge on any atom is 0.228 e. The van der Waals surface area contributed by atoms with Gasteiger partial charge in [0.15, 0.2) is 16.6 Å². The molecule has 0 spiro atoms. The van der Waals surface area contributed by atoms with Crippen LogP contribution in [0.2, 0.25) is 0 Å². The number of nitrogens with zero attached hydrogens (tertiary/aromatic N) is 1. The molecule has 0 atom stereocenters. The summed E-state index contributed by atoms with van der Waals surface area (Å²) in [6, 6.07) is 3.74. The summed E-state index contributed by atoms with van der Waals surface area (Å²) in [7, 11) is 0. The molecule has 1 aliphatic rings. The molecule has 0 saturated carbocycles. The van der Waals surface area contributed by atoms with Crippen LogP contribution in [0.4, 0.5) is 5.13 Å². The molecule has 0 fully saturated rings. The molecule has 1 aromatic carbocycles. The van der Waals surface area contributed by atoms with E-state index in [9.17, 15) is 4.79 Å². The summed E-state index contributed by atoms with van der Waals surface area (Å²) in [6.07, 6.45) is 0.326. The summed E-state index contributed by atoms with van der Waals surface area (Å²) in [6.45, 7) is 4.03. The Bertz CT molecular complexity index is 613. The Balaban J connectivity index is 1.73. The highest BCUT2D eigenvalue weighted by atomic mass is 32.1. The number of carbonyl (C=O) groups excluding carboxylic acids is 1. The summed E-state index contributed by atoms with van der Waals surface area (Å²) >= 11 is 1.42. The number of aromatic nitrogens is 1. The number of amides is 1. The van der Waals surface area contributed by atoms with Gasteiger partial charge in [0.25, 0.3) is 0 Å². The number of carbonyl (C=O) groups is 1. The van der Waals surface area contributed by atoms with Gasteiger partial charge in [-0.2, -0.15) is 0 Å². The monoisotopic (exact) mass is 308 g/mol. The molecular weight excluding hydrogens is 292 g/mol. The number of hydrogen-bond acceptors (Lipinski definition) is 6. The number of anilines is 1. The lowest BCUT2D eigenvalue weighted by molar-refractivity contribution is -0.117. The van der Waals surface area contributed by atoms with Gasteiger partial charge in [0, 0.05) is 18.7 Å². The Morgan fingerprint density at radius 2 is 2.14 bits per heavy atom. The first-order valence-electron chi connectivity index (χ1n) is 6.84. The molecule has 1 N–H and O–H groups in total. The van der Waals surface area contributed by atoms with Crippen molar-refractivity contribution < 1.29 is 19.0 Å². The Morgan fingerprint density at radius 1 is 1.38 bits per heavy atom. The fourth-order valence-electron chi connectivity index (χ4n) is 2.01. The minimum absolute atomic E-state index is 0.0974. The van der Waals surface area contributed by atoms with Crippen LogP contribution in [0.5, 0.6) is 11.5 Å². The maximum atomic E-state index is 11.7. The number of rotatable bonds is 5. The fourth-order valence-corrected chi connectivity index (χ4v) is 2.90. The summed E-state index contributed by atoms with van der Waals surface area (Å²) in [5.41, 5.74) is 0.796. The lowest BCUT2D eigenvalue weighted by Crippen LogP contribution is -2.15. The van der Waals surface area contributed by atoms with Crippen LogP contribution in [0.3, 0.4) is 0 Å². The van der Waals surface area contributed by atoms with E-state index in [-0.39, 0.29) is 5.91 Å². The van der Waals surface area contributed by atoms with Crippen molar-refractivity contribution in [1.82, 2.24) is 4.98 Å². The fraction of sp³-hybridized carbons (Fsp3) is 0.429. The second-order valence-electron chi connectivity index (χ2n) is 4.48. The zero-order valence-corrected chi connectivity index (χ0v) is 12.5. The highest BCUT2D eigenvalue weighted by Gasteiger charge is 2.15. The first kappa shape index (κ1) is 14.1. The zero-order chi connectivity index (χ0) is 14.7. The second-order valence-corrected chi connectivity index (χ2v) is 5.51. The van der Waals surface area contributed by atoms with Crippen LogP contribution in [0, 0.1) is 0 Å². The van der Waals surface area contributed by atoms with Crippen LogP contribution < -0.4 is 14.8 Å². The van der Waals surface area contributed by atoms with E-state index >= 15 is 0 Å². The van der Waals surface area contributed by atoms with Crippen LogP contribution in [0.15, 0.2) is 12.1 Å². The number of hydrogen-bond donors (Lipinski definition) is 1. The summed E-state index contributed by atoms with van der Waals surface area (Å²) < 4.78 is 17.2. The minimum Gasteiger partial charge on any atom is -0.486 e. The number of nitrogens with one attached hydrogen (secondary N) is 1. The van der Waals surface area contributed by atoms with E-state index in [1.165, 1.54) is 11.3 Å². The topological polar surface area (TPSA) is 69.7 Å². The molecule has 1 aromatic heterocycles. The van der Waals surface area contributed by atoms with E-state index in [4.69, 9.17) is 14.2 Å². The normalized spacial score (nSPS) is 13.4. The van der Waals surface area contributed by atoms with Gasteiger partial charge in [-0.15, -0.1) is 0 Å². The predicted molar refractivity (Wildman–Crippen MR) is 80.3 cm³/mol. The predicted octanol–water partition coefficient (Wildman–Crippen LogP) is 2.43. The van der Waals surface area contributed by atoms with Gasteiger partial charge in [0.05, 0.1) is 23.2 Å². The van der Waals surface area contributed by atoms with Gasteiger partial charge < -0.3 is 19.5 Å². The largest absolute Gasteiger partial charge is 0.486 e. The maximum absolute atomic E-state index is 11.7. The smallest absolute Gasteiger partial charge is 0.228 e. The third kappa shape index (κ3) is 3.25. The number of ether oxygens (including phenoxy) is 3. The van der Waals surface area contributed by atoms with E-state index in [1.807, 2.05) is 19.1 Å². The van der Waals surface area contributed by atoms with Gasteiger partial charge in [-0.3, -0.25) is 4.79 Å². The second kappa shape index (κ2) is 6.28. The van der Waals surface area contributed by atoms with Gasteiger partial charge >= 0.3 is 0 Å². The number of benzene rings is 1. The van der Waals surface area contributed by atoms with E-state index in [2.05, 4.69) is 10.3 Å². The Labute approximate surface area is 126 Å². The summed E-state index contributed by atoms with van der Waals surface area (Å²) in [4.78, 5) is 16.1. The standard InChI is InChI=1S/C14H16N2O4S/c1-2-18-4-3-13(17)16-14-15-9-7-10-11(8-12(9)21-14)20-6-5-19-10/h7-8H,2-6H2,1H3,(H,15,16,17). The Morgan fingerprint density at radius 3 is 2.90 bits per heavy atom. The molecule has 0 unspecified atom stereocenters. The molecule has 112 valence electrons. The lowest BCUT2D eigenvalue weighted by atomic mass is 10.3. The van der Waals surface area contributed by atoms with Crippen molar-refractivity contribution in [3.05, 3.63) is 12.1 Å². The van der Waals surface area contributed by atoms with Crippen molar-refractivity contribution in [2.24, 2.45) is 0 Å². The Kier molecular flexibility index (Phi) is 4.21. The Hall–Kier alpha value is -1.86. The highest BCUT2D eigenvalue weighted by molar-refractivity contribution is 7.22. The molecule has 1 amide bonds. The molecule has 1 aliphatic heterocycles. The minimum atomic E-state index is -0.0974. The van der Waals surface area contributed by atoms with E-state index in [1.54, 1.807) is 0 Å². The molecule has 0 aliphatic carbocycles. The van der Waals surface area contributed by atoms with Crippen LogP contribution in [0.1, 0.15) is 13.3 Å². The molecular formula is C14H16N2O4S. The van der Waals surface area contributed by atoms with Crippen molar-refractivity contribution >= 4 is 32.6 Å². The van der Waals surface area contributed by atoms with Crippen LogP contribution >= 0.6 is 11.3 Å². The van der Waals surface area contributed by atoms with Crippen molar-refractivity contribution in [3.63, 3.8) is 0 Å². The zero-order valence-electron chi connectivity index (χ0n) is 11.7. The molecule has 3 rings (SSSR count). The van der Waals surface area contributed by atoms with Gasteiger partial charge in [0.2, 0.25) is 5.91 Å². The molecule has 6 nitrogen and oxygen atoms in total. The number of thiazole rings is 1. The average Bonchev–Trinajstić information content (AvgIpc) is 2.85. The van der Waals surface area contributed by atoms with Crippen LogP contribution in [0.25, 0.3) is 10.2 Å². The average molecular weight is 308 g/mol. The first-order valence-corrected chi connectivity index (χ1v) is 7.65. The van der Waals surface area contributed by atoms with Gasteiger partial charge in [-0.05, 0) is 6.92 Å². The third-order valence-electron chi connectivity index (χ3n) is 2.98. The third-order valence-corrected chi connectivity index (χ3v) is 3.91. The quantitative estimate of drug-likeness (QED) is 0.859. The molecule has 0 radical (unpaired) electrons. The van der Waals surface area contributed by atoms with Crippen molar-refractivity contribution in [3.8, 4) is 11.5 Å². The van der Waals surface area contributed by atoms with E-state index in [0.717, 1.165) is 16.0 Å². The van der Waals surface area contributed by atoms with Gasteiger partial charge in [-0.1, -0.05) is 11.3 Å². The molecule has 0 saturated heterocycles. The molecule has 2 aromatic rings. The first-order chi connectivity index (χ1) is 10.3. The van der Waals surface area contributed by atoms with E-state index in [0.29, 0.717) is 43.7 Å². The summed E-state index contributed by atoms with van der Waals surface area (Å²) in [5.74, 6) is 1.33.